The molecule has 6 heteroatoms. The van der Waals surface area contributed by atoms with Crippen LogP contribution in [0.3, 0.4) is 0 Å². The van der Waals surface area contributed by atoms with Crippen molar-refractivity contribution in [2.24, 2.45) is 5.41 Å². The SMILES string of the molecule is CCOc1cc(C)ccc1NC(=O)N1CCC(C)(C(=O)O)C1. The second-order valence-electron chi connectivity index (χ2n) is 5.90. The lowest BCUT2D eigenvalue weighted by Gasteiger charge is -2.21. The van der Waals surface area contributed by atoms with Gasteiger partial charge in [-0.15, -0.1) is 0 Å². The Bertz CT molecular complexity index is 588. The van der Waals surface area contributed by atoms with E-state index in [4.69, 9.17) is 4.74 Å². The molecule has 2 amide bonds. The van der Waals surface area contributed by atoms with Crippen LogP contribution in [0.1, 0.15) is 25.8 Å². The van der Waals surface area contributed by atoms with E-state index < -0.39 is 11.4 Å². The first-order chi connectivity index (χ1) is 10.4. The molecule has 0 radical (unpaired) electrons. The van der Waals surface area contributed by atoms with Gasteiger partial charge in [0.05, 0.1) is 17.7 Å². The maximum Gasteiger partial charge on any atom is 0.321 e. The van der Waals surface area contributed by atoms with E-state index in [2.05, 4.69) is 5.32 Å². The highest BCUT2D eigenvalue weighted by Crippen LogP contribution is 2.31. The highest BCUT2D eigenvalue weighted by atomic mass is 16.5. The van der Waals surface area contributed by atoms with Gasteiger partial charge in [-0.25, -0.2) is 4.79 Å². The third-order valence-corrected chi connectivity index (χ3v) is 3.96. The van der Waals surface area contributed by atoms with E-state index in [0.717, 1.165) is 5.56 Å². The zero-order valence-corrected chi connectivity index (χ0v) is 13.2. The van der Waals surface area contributed by atoms with Crippen molar-refractivity contribution >= 4 is 17.7 Å². The van der Waals surface area contributed by atoms with Crippen LogP contribution in [0.15, 0.2) is 18.2 Å². The number of anilines is 1. The van der Waals surface area contributed by atoms with Crippen molar-refractivity contribution in [3.8, 4) is 5.75 Å². The van der Waals surface area contributed by atoms with Crippen LogP contribution in [-0.4, -0.2) is 41.7 Å². The first kappa shape index (κ1) is 16.1. The molecule has 1 aromatic carbocycles. The highest BCUT2D eigenvalue weighted by molar-refractivity contribution is 5.92. The van der Waals surface area contributed by atoms with Crippen molar-refractivity contribution in [3.63, 3.8) is 0 Å². The summed E-state index contributed by atoms with van der Waals surface area (Å²) in [4.78, 5) is 25.1. The van der Waals surface area contributed by atoms with E-state index in [1.807, 2.05) is 26.0 Å². The maximum atomic E-state index is 12.3. The lowest BCUT2D eigenvalue weighted by Crippen LogP contribution is -2.37. The van der Waals surface area contributed by atoms with Gasteiger partial charge in [0.15, 0.2) is 0 Å². The molecule has 120 valence electrons. The van der Waals surface area contributed by atoms with Gasteiger partial charge in [-0.3, -0.25) is 4.79 Å². The van der Waals surface area contributed by atoms with E-state index in [1.54, 1.807) is 13.0 Å². The van der Waals surface area contributed by atoms with Gasteiger partial charge < -0.3 is 20.1 Å². The predicted molar refractivity (Wildman–Crippen MR) is 83.3 cm³/mol. The molecule has 1 fully saturated rings. The van der Waals surface area contributed by atoms with Gasteiger partial charge >= 0.3 is 12.0 Å². The number of urea groups is 1. The second kappa shape index (κ2) is 6.25. The van der Waals surface area contributed by atoms with Crippen LogP contribution in [0.4, 0.5) is 10.5 Å². The molecule has 1 aliphatic rings. The van der Waals surface area contributed by atoms with Gasteiger partial charge in [-0.05, 0) is 44.9 Å². The van der Waals surface area contributed by atoms with Crippen molar-refractivity contribution < 1.29 is 19.4 Å². The fraction of sp³-hybridized carbons (Fsp3) is 0.500. The Kier molecular flexibility index (Phi) is 4.59. The summed E-state index contributed by atoms with van der Waals surface area (Å²) >= 11 is 0. The number of carbonyl (C=O) groups is 2. The molecule has 1 atom stereocenters. The van der Waals surface area contributed by atoms with E-state index in [-0.39, 0.29) is 12.6 Å². The number of aliphatic carboxylic acids is 1. The average Bonchev–Trinajstić information content (AvgIpc) is 2.86. The summed E-state index contributed by atoms with van der Waals surface area (Å²) in [6.45, 7) is 6.65. The molecule has 0 aromatic heterocycles. The summed E-state index contributed by atoms with van der Waals surface area (Å²) < 4.78 is 5.53. The first-order valence-corrected chi connectivity index (χ1v) is 7.38. The average molecular weight is 306 g/mol. The number of benzene rings is 1. The number of amides is 2. The van der Waals surface area contributed by atoms with Crippen molar-refractivity contribution in [1.82, 2.24) is 4.90 Å². The van der Waals surface area contributed by atoms with Crippen LogP contribution in [0.25, 0.3) is 0 Å². The number of carboxylic acid groups (broad SMARTS) is 1. The molecule has 1 aromatic rings. The monoisotopic (exact) mass is 306 g/mol. The number of rotatable bonds is 4. The highest BCUT2D eigenvalue weighted by Gasteiger charge is 2.42. The summed E-state index contributed by atoms with van der Waals surface area (Å²) in [6.07, 6.45) is 0.460. The Morgan fingerprint density at radius 2 is 2.18 bits per heavy atom. The van der Waals surface area contributed by atoms with Gasteiger partial charge in [0.25, 0.3) is 0 Å². The van der Waals surface area contributed by atoms with E-state index in [9.17, 15) is 14.7 Å². The molecule has 2 rings (SSSR count). The maximum absolute atomic E-state index is 12.3. The van der Waals surface area contributed by atoms with Crippen molar-refractivity contribution in [3.05, 3.63) is 23.8 Å². The van der Waals surface area contributed by atoms with Gasteiger partial charge in [0.2, 0.25) is 0 Å². The molecule has 0 spiro atoms. The predicted octanol–water partition coefficient (Wildman–Crippen LogP) is 2.72. The smallest absolute Gasteiger partial charge is 0.321 e. The van der Waals surface area contributed by atoms with Gasteiger partial charge in [-0.1, -0.05) is 6.07 Å². The second-order valence-corrected chi connectivity index (χ2v) is 5.90. The van der Waals surface area contributed by atoms with Crippen LogP contribution >= 0.6 is 0 Å². The fourth-order valence-electron chi connectivity index (χ4n) is 2.51. The Hall–Kier alpha value is -2.24. The van der Waals surface area contributed by atoms with Crippen molar-refractivity contribution in [2.75, 3.05) is 25.0 Å². The third-order valence-electron chi connectivity index (χ3n) is 3.96. The lowest BCUT2D eigenvalue weighted by molar-refractivity contribution is -0.146. The molecule has 2 N–H and O–H groups in total. The zero-order valence-electron chi connectivity index (χ0n) is 13.2. The van der Waals surface area contributed by atoms with Crippen molar-refractivity contribution in [1.29, 1.82) is 0 Å². The number of hydrogen-bond acceptors (Lipinski definition) is 3. The van der Waals surface area contributed by atoms with E-state index in [0.29, 0.717) is 31.0 Å². The van der Waals surface area contributed by atoms with Crippen LogP contribution in [0.5, 0.6) is 5.75 Å². The molecule has 1 saturated heterocycles. The summed E-state index contributed by atoms with van der Waals surface area (Å²) in [7, 11) is 0. The number of likely N-dealkylation sites (tertiary alicyclic amines) is 1. The number of carboxylic acids is 1. The van der Waals surface area contributed by atoms with Crippen LogP contribution in [0.2, 0.25) is 0 Å². The number of nitrogens with zero attached hydrogens (tertiary/aromatic N) is 1. The molecular weight excluding hydrogens is 284 g/mol. The molecule has 0 saturated carbocycles. The molecular formula is C16H22N2O4. The molecule has 6 nitrogen and oxygen atoms in total. The van der Waals surface area contributed by atoms with Gasteiger partial charge in [-0.2, -0.15) is 0 Å². The number of nitrogens with one attached hydrogen (secondary N) is 1. The normalized spacial score (nSPS) is 20.8. The number of ether oxygens (including phenoxy) is 1. The Morgan fingerprint density at radius 3 is 2.77 bits per heavy atom. The molecule has 1 aliphatic heterocycles. The first-order valence-electron chi connectivity index (χ1n) is 7.38. The minimum atomic E-state index is -0.868. The third kappa shape index (κ3) is 3.32. The summed E-state index contributed by atoms with van der Waals surface area (Å²) in [6, 6.07) is 5.26. The lowest BCUT2D eigenvalue weighted by atomic mass is 9.90. The topological polar surface area (TPSA) is 78.9 Å². The Morgan fingerprint density at radius 1 is 1.45 bits per heavy atom. The van der Waals surface area contributed by atoms with Crippen LogP contribution in [-0.2, 0) is 4.79 Å². The molecule has 22 heavy (non-hydrogen) atoms. The van der Waals surface area contributed by atoms with Crippen LogP contribution < -0.4 is 10.1 Å². The fourth-order valence-corrected chi connectivity index (χ4v) is 2.51. The molecule has 0 aliphatic carbocycles. The largest absolute Gasteiger partial charge is 0.492 e. The summed E-state index contributed by atoms with van der Waals surface area (Å²) in [5, 5.41) is 12.0. The number of hydrogen-bond donors (Lipinski definition) is 2. The van der Waals surface area contributed by atoms with Gasteiger partial charge in [0, 0.05) is 13.1 Å². The molecule has 1 heterocycles. The summed E-state index contributed by atoms with van der Waals surface area (Å²) in [5.74, 6) is -0.246. The Labute approximate surface area is 130 Å². The standard InChI is InChI=1S/C16H22N2O4/c1-4-22-13-9-11(2)5-6-12(13)17-15(21)18-8-7-16(3,10-18)14(19)20/h5-6,9H,4,7-8,10H2,1-3H3,(H,17,21)(H,19,20). The minimum Gasteiger partial charge on any atom is -0.492 e. The summed E-state index contributed by atoms with van der Waals surface area (Å²) in [5.41, 5.74) is 0.773. The minimum absolute atomic E-state index is 0.212. The van der Waals surface area contributed by atoms with Gasteiger partial charge in [0.1, 0.15) is 5.75 Å². The Balaban J connectivity index is 2.09. The zero-order chi connectivity index (χ0) is 16.3. The molecule has 1 unspecified atom stereocenters. The molecule has 0 bridgehead atoms. The van der Waals surface area contributed by atoms with Crippen LogP contribution in [0, 0.1) is 12.3 Å². The van der Waals surface area contributed by atoms with E-state index in [1.165, 1.54) is 4.90 Å². The quantitative estimate of drug-likeness (QED) is 0.896. The van der Waals surface area contributed by atoms with E-state index >= 15 is 0 Å². The van der Waals surface area contributed by atoms with Crippen molar-refractivity contribution in [2.45, 2.75) is 27.2 Å². The number of carbonyl (C=O) groups excluding carboxylic acids is 1. The number of aryl methyl sites for hydroxylation is 1.